The van der Waals surface area contributed by atoms with Crippen molar-refractivity contribution in [3.63, 3.8) is 0 Å². The van der Waals surface area contributed by atoms with E-state index in [1.165, 1.54) is 4.90 Å². The Labute approximate surface area is 164 Å². The van der Waals surface area contributed by atoms with Gasteiger partial charge in [0.05, 0.1) is 0 Å². The van der Waals surface area contributed by atoms with Gasteiger partial charge in [-0.25, -0.2) is 4.79 Å². The minimum atomic E-state index is -1.24. The van der Waals surface area contributed by atoms with Crippen LogP contribution in [-0.2, 0) is 15.1 Å². The highest BCUT2D eigenvalue weighted by Crippen LogP contribution is 2.33. The number of nitrogens with one attached hydrogen (secondary N) is 1. The summed E-state index contributed by atoms with van der Waals surface area (Å²) in [4.78, 5) is 40.8. The van der Waals surface area contributed by atoms with Crippen LogP contribution in [0.3, 0.4) is 0 Å². The summed E-state index contributed by atoms with van der Waals surface area (Å²) >= 11 is 0. The molecule has 1 heterocycles. The normalized spacial score (nSPS) is 18.8. The average molecular weight is 377 g/mol. The summed E-state index contributed by atoms with van der Waals surface area (Å²) in [5.41, 5.74) is -0.534. The van der Waals surface area contributed by atoms with Gasteiger partial charge in [0, 0.05) is 13.1 Å². The molecule has 1 N–H and O–H groups in total. The quantitative estimate of drug-likeness (QED) is 0.596. The van der Waals surface area contributed by atoms with Gasteiger partial charge in [-0.3, -0.25) is 14.5 Å². The molecule has 6 heteroatoms. The van der Waals surface area contributed by atoms with Crippen LogP contribution in [0.25, 0.3) is 10.8 Å². The summed E-state index contributed by atoms with van der Waals surface area (Å²) in [5, 5.41) is 4.63. The standard InChI is InChI=1S/C22H23N3O3/c1-4-13-24(14-5-2)19(26)15-25-20(27)22(3,23-21(25)28)18-12-8-10-16-9-6-7-11-17(16)18/h4-12H,1-2,13-15H2,3H3,(H,23,28)/t22-/m0/s1. The van der Waals surface area contributed by atoms with E-state index in [0.29, 0.717) is 18.7 Å². The van der Waals surface area contributed by atoms with Gasteiger partial charge < -0.3 is 10.2 Å². The lowest BCUT2D eigenvalue weighted by molar-refractivity contribution is -0.138. The molecule has 0 aromatic heterocycles. The summed E-state index contributed by atoms with van der Waals surface area (Å²) in [7, 11) is 0. The number of carbonyl (C=O) groups excluding carboxylic acids is 3. The highest BCUT2D eigenvalue weighted by atomic mass is 16.2. The van der Waals surface area contributed by atoms with Crippen LogP contribution in [-0.4, -0.2) is 47.3 Å². The van der Waals surface area contributed by atoms with Crippen LogP contribution in [0.15, 0.2) is 67.8 Å². The minimum Gasteiger partial charge on any atom is -0.334 e. The first-order valence-electron chi connectivity index (χ1n) is 9.04. The van der Waals surface area contributed by atoms with Crippen LogP contribution < -0.4 is 5.32 Å². The maximum absolute atomic E-state index is 13.2. The molecule has 28 heavy (non-hydrogen) atoms. The summed E-state index contributed by atoms with van der Waals surface area (Å²) in [6, 6.07) is 12.7. The number of nitrogens with zero attached hydrogens (tertiary/aromatic N) is 2. The smallest absolute Gasteiger partial charge is 0.325 e. The first kappa shape index (κ1) is 19.4. The van der Waals surface area contributed by atoms with Gasteiger partial charge >= 0.3 is 6.03 Å². The zero-order valence-electron chi connectivity index (χ0n) is 15.9. The second kappa shape index (κ2) is 7.68. The fourth-order valence-electron chi connectivity index (χ4n) is 3.51. The van der Waals surface area contributed by atoms with Gasteiger partial charge in [-0.2, -0.15) is 0 Å². The van der Waals surface area contributed by atoms with Crippen molar-refractivity contribution in [3.05, 3.63) is 73.3 Å². The van der Waals surface area contributed by atoms with Crippen LogP contribution in [0.2, 0.25) is 0 Å². The second-order valence-corrected chi connectivity index (χ2v) is 6.85. The Bertz CT molecular complexity index is 953. The molecule has 4 amide bonds. The van der Waals surface area contributed by atoms with Crippen molar-refractivity contribution in [3.8, 4) is 0 Å². The number of carbonyl (C=O) groups is 3. The van der Waals surface area contributed by atoms with E-state index in [0.717, 1.165) is 15.7 Å². The molecule has 0 unspecified atom stereocenters. The van der Waals surface area contributed by atoms with E-state index in [4.69, 9.17) is 0 Å². The van der Waals surface area contributed by atoms with E-state index < -0.39 is 17.5 Å². The maximum Gasteiger partial charge on any atom is 0.325 e. The molecule has 2 aromatic rings. The molecule has 0 bridgehead atoms. The summed E-state index contributed by atoms with van der Waals surface area (Å²) in [6.45, 7) is 9.23. The number of hydrogen-bond donors (Lipinski definition) is 1. The number of hydrogen-bond acceptors (Lipinski definition) is 3. The van der Waals surface area contributed by atoms with Crippen molar-refractivity contribution in [2.24, 2.45) is 0 Å². The van der Waals surface area contributed by atoms with Crippen LogP contribution in [0.4, 0.5) is 4.79 Å². The molecule has 144 valence electrons. The fourth-order valence-corrected chi connectivity index (χ4v) is 3.51. The lowest BCUT2D eigenvalue weighted by Gasteiger charge is -2.25. The van der Waals surface area contributed by atoms with E-state index in [1.807, 2.05) is 42.5 Å². The zero-order valence-corrected chi connectivity index (χ0v) is 15.9. The third kappa shape index (κ3) is 3.29. The summed E-state index contributed by atoms with van der Waals surface area (Å²) < 4.78 is 0. The molecule has 2 aromatic carbocycles. The molecule has 1 saturated heterocycles. The molecule has 6 nitrogen and oxygen atoms in total. The Morgan fingerprint density at radius 1 is 1.11 bits per heavy atom. The van der Waals surface area contributed by atoms with Gasteiger partial charge in [0.15, 0.2) is 0 Å². The highest BCUT2D eigenvalue weighted by Gasteiger charge is 2.50. The Morgan fingerprint density at radius 2 is 1.75 bits per heavy atom. The van der Waals surface area contributed by atoms with Crippen molar-refractivity contribution >= 4 is 28.6 Å². The molecule has 1 fully saturated rings. The number of imide groups is 1. The van der Waals surface area contributed by atoms with Crippen LogP contribution in [0.5, 0.6) is 0 Å². The summed E-state index contributed by atoms with van der Waals surface area (Å²) in [5.74, 6) is -0.787. The van der Waals surface area contributed by atoms with E-state index in [-0.39, 0.29) is 12.5 Å². The van der Waals surface area contributed by atoms with Gasteiger partial charge in [-0.05, 0) is 23.3 Å². The van der Waals surface area contributed by atoms with Gasteiger partial charge in [0.25, 0.3) is 5.91 Å². The van der Waals surface area contributed by atoms with E-state index in [2.05, 4.69) is 18.5 Å². The van der Waals surface area contributed by atoms with Crippen molar-refractivity contribution in [1.29, 1.82) is 0 Å². The van der Waals surface area contributed by atoms with Crippen molar-refractivity contribution in [2.75, 3.05) is 19.6 Å². The largest absolute Gasteiger partial charge is 0.334 e. The van der Waals surface area contributed by atoms with E-state index in [1.54, 1.807) is 19.1 Å². The van der Waals surface area contributed by atoms with Crippen molar-refractivity contribution in [2.45, 2.75) is 12.5 Å². The topological polar surface area (TPSA) is 69.7 Å². The zero-order chi connectivity index (χ0) is 20.3. The Kier molecular flexibility index (Phi) is 5.31. The number of rotatable bonds is 7. The third-order valence-electron chi connectivity index (χ3n) is 4.95. The maximum atomic E-state index is 13.2. The first-order valence-corrected chi connectivity index (χ1v) is 9.04. The number of fused-ring (bicyclic) bond motifs is 1. The molecule has 1 aliphatic heterocycles. The molecule has 3 rings (SSSR count). The monoisotopic (exact) mass is 377 g/mol. The average Bonchev–Trinajstić information content (AvgIpc) is 2.91. The van der Waals surface area contributed by atoms with Crippen molar-refractivity contribution < 1.29 is 14.4 Å². The lowest BCUT2D eigenvalue weighted by atomic mass is 9.88. The van der Waals surface area contributed by atoms with E-state index in [9.17, 15) is 14.4 Å². The lowest BCUT2D eigenvalue weighted by Crippen LogP contribution is -2.44. The van der Waals surface area contributed by atoms with Gasteiger partial charge in [0.1, 0.15) is 12.1 Å². The predicted octanol–water partition coefficient (Wildman–Crippen LogP) is 2.81. The molecule has 1 atom stereocenters. The fraction of sp³-hybridized carbons (Fsp3) is 0.227. The Morgan fingerprint density at radius 3 is 2.43 bits per heavy atom. The molecular formula is C22H23N3O3. The number of amides is 4. The van der Waals surface area contributed by atoms with Crippen LogP contribution in [0, 0.1) is 0 Å². The number of urea groups is 1. The third-order valence-corrected chi connectivity index (χ3v) is 4.95. The Balaban J connectivity index is 1.91. The molecule has 0 aliphatic carbocycles. The SMILES string of the molecule is C=CCN(CC=C)C(=O)CN1C(=O)N[C@@](C)(c2cccc3ccccc23)C1=O. The molecular weight excluding hydrogens is 354 g/mol. The predicted molar refractivity (Wildman–Crippen MR) is 109 cm³/mol. The van der Waals surface area contributed by atoms with Gasteiger partial charge in [0.2, 0.25) is 5.91 Å². The first-order chi connectivity index (χ1) is 13.4. The van der Waals surface area contributed by atoms with E-state index >= 15 is 0 Å². The van der Waals surface area contributed by atoms with Crippen LogP contribution in [0.1, 0.15) is 12.5 Å². The second-order valence-electron chi connectivity index (χ2n) is 6.85. The molecule has 0 spiro atoms. The molecule has 0 saturated carbocycles. The minimum absolute atomic E-state index is 0.315. The molecule has 0 radical (unpaired) electrons. The van der Waals surface area contributed by atoms with Gasteiger partial charge in [-0.1, -0.05) is 54.6 Å². The van der Waals surface area contributed by atoms with Gasteiger partial charge in [-0.15, -0.1) is 13.2 Å². The molecule has 1 aliphatic rings. The van der Waals surface area contributed by atoms with Crippen LogP contribution >= 0.6 is 0 Å². The highest BCUT2D eigenvalue weighted by molar-refractivity contribution is 6.10. The van der Waals surface area contributed by atoms with Crippen molar-refractivity contribution in [1.82, 2.24) is 15.1 Å². The Hall–Kier alpha value is -3.41. The summed E-state index contributed by atoms with van der Waals surface area (Å²) in [6.07, 6.45) is 3.18. The number of benzene rings is 2.